The van der Waals surface area contributed by atoms with Crippen LogP contribution in [0, 0.1) is 17.8 Å². The molecule has 210 valence electrons. The molecule has 0 saturated heterocycles. The van der Waals surface area contributed by atoms with Crippen molar-refractivity contribution in [1.29, 1.82) is 0 Å². The van der Waals surface area contributed by atoms with E-state index in [1.54, 1.807) is 6.08 Å². The average Bonchev–Trinajstić information content (AvgIpc) is 2.86. The van der Waals surface area contributed by atoms with E-state index in [2.05, 4.69) is 42.7 Å². The predicted molar refractivity (Wildman–Crippen MR) is 139 cm³/mol. The van der Waals surface area contributed by atoms with Gasteiger partial charge in [-0.3, -0.25) is 9.59 Å². The lowest BCUT2D eigenvalue weighted by Crippen LogP contribution is -2.38. The molecule has 0 aliphatic carbocycles. The summed E-state index contributed by atoms with van der Waals surface area (Å²) in [5.41, 5.74) is 0.490. The SMILES string of the molecule is CN(C)C/C=C/C(=O)N(C)CC(=O)NCCCC#Cc1cnc(Nc2ccc(F)nc2)nc1NCC(F)(F)F. The molecule has 0 saturated carbocycles. The predicted octanol–water partition coefficient (Wildman–Crippen LogP) is 2.55. The van der Waals surface area contributed by atoms with E-state index in [0.717, 1.165) is 6.07 Å². The average molecular weight is 551 g/mol. The van der Waals surface area contributed by atoms with Crippen LogP contribution in [-0.2, 0) is 9.59 Å². The molecule has 2 aromatic heterocycles. The maximum absolute atomic E-state index is 13.0. The molecule has 0 bridgehead atoms. The second kappa shape index (κ2) is 15.2. The van der Waals surface area contributed by atoms with Gasteiger partial charge in [0.2, 0.25) is 23.7 Å². The number of amides is 2. The Morgan fingerprint density at radius 3 is 2.56 bits per heavy atom. The molecule has 0 unspecified atom stereocenters. The lowest BCUT2D eigenvalue weighted by atomic mass is 10.2. The zero-order chi connectivity index (χ0) is 28.8. The van der Waals surface area contributed by atoms with Gasteiger partial charge in [0.15, 0.2) is 0 Å². The Kier molecular flexibility index (Phi) is 12.1. The molecule has 0 aliphatic heterocycles. The highest BCUT2D eigenvalue weighted by Crippen LogP contribution is 2.20. The highest BCUT2D eigenvalue weighted by molar-refractivity contribution is 5.91. The van der Waals surface area contributed by atoms with Crippen molar-refractivity contribution in [3.05, 3.63) is 48.2 Å². The Morgan fingerprint density at radius 1 is 1.13 bits per heavy atom. The third-order valence-electron chi connectivity index (χ3n) is 4.74. The lowest BCUT2D eigenvalue weighted by Gasteiger charge is -2.14. The molecule has 39 heavy (non-hydrogen) atoms. The summed E-state index contributed by atoms with van der Waals surface area (Å²) < 4.78 is 51.3. The topological polar surface area (TPSA) is 115 Å². The van der Waals surface area contributed by atoms with Crippen LogP contribution in [0.3, 0.4) is 0 Å². The van der Waals surface area contributed by atoms with Gasteiger partial charge in [0.25, 0.3) is 0 Å². The molecule has 3 N–H and O–H groups in total. The van der Waals surface area contributed by atoms with E-state index in [-0.39, 0.29) is 35.7 Å². The van der Waals surface area contributed by atoms with Crippen LogP contribution in [0.25, 0.3) is 0 Å². The number of rotatable bonds is 12. The molecule has 0 spiro atoms. The van der Waals surface area contributed by atoms with Crippen molar-refractivity contribution in [2.24, 2.45) is 0 Å². The van der Waals surface area contributed by atoms with Crippen LogP contribution >= 0.6 is 0 Å². The molecule has 2 rings (SSSR count). The largest absolute Gasteiger partial charge is 0.405 e. The maximum atomic E-state index is 13.0. The number of anilines is 3. The van der Waals surface area contributed by atoms with Gasteiger partial charge < -0.3 is 25.8 Å². The van der Waals surface area contributed by atoms with E-state index in [1.807, 2.05) is 19.0 Å². The molecule has 0 radical (unpaired) electrons. The number of halogens is 4. The summed E-state index contributed by atoms with van der Waals surface area (Å²) in [5, 5.41) is 7.64. The molecule has 2 amide bonds. The fraction of sp³-hybridized carbons (Fsp3) is 0.400. The fourth-order valence-corrected chi connectivity index (χ4v) is 2.83. The number of pyridine rings is 1. The first-order valence-corrected chi connectivity index (χ1v) is 11.8. The van der Waals surface area contributed by atoms with Crippen LogP contribution in [0.4, 0.5) is 35.0 Å². The number of nitrogens with one attached hydrogen (secondary N) is 3. The van der Waals surface area contributed by atoms with Crippen LogP contribution < -0.4 is 16.0 Å². The van der Waals surface area contributed by atoms with Crippen LogP contribution in [-0.4, -0.2) is 90.1 Å². The van der Waals surface area contributed by atoms with E-state index >= 15 is 0 Å². The van der Waals surface area contributed by atoms with Gasteiger partial charge in [-0.25, -0.2) is 9.97 Å². The van der Waals surface area contributed by atoms with Crippen molar-refractivity contribution in [2.75, 3.05) is 58.0 Å². The minimum absolute atomic E-state index is 0.0296. The summed E-state index contributed by atoms with van der Waals surface area (Å²) in [6, 6.07) is 2.48. The van der Waals surface area contributed by atoms with Crippen LogP contribution in [0.1, 0.15) is 18.4 Å². The Labute approximate surface area is 223 Å². The van der Waals surface area contributed by atoms with Crippen molar-refractivity contribution in [2.45, 2.75) is 19.0 Å². The number of alkyl halides is 3. The summed E-state index contributed by atoms with van der Waals surface area (Å²) in [4.78, 5) is 38.8. The summed E-state index contributed by atoms with van der Waals surface area (Å²) in [5.74, 6) is 4.10. The van der Waals surface area contributed by atoms with Crippen molar-refractivity contribution < 1.29 is 27.2 Å². The third kappa shape index (κ3) is 12.7. The zero-order valence-electron chi connectivity index (χ0n) is 21.8. The van der Waals surface area contributed by atoms with E-state index in [0.29, 0.717) is 31.6 Å². The van der Waals surface area contributed by atoms with Crippen molar-refractivity contribution in [1.82, 2.24) is 30.1 Å². The number of carbonyl (C=O) groups is 2. The number of aromatic nitrogens is 3. The van der Waals surface area contributed by atoms with Crippen molar-refractivity contribution in [3.63, 3.8) is 0 Å². The second-order valence-electron chi connectivity index (χ2n) is 8.53. The van der Waals surface area contributed by atoms with E-state index in [1.165, 1.54) is 36.5 Å². The standard InChI is InChI=1S/C25H30F4N8O2/c1-36(2)13-7-9-22(39)37(3)16-21(38)30-12-6-4-5-8-18-14-32-24(34-19-10-11-20(26)31-15-19)35-23(18)33-17-25(27,28)29/h7,9-11,14-15H,4,6,12-13,16-17H2,1-3H3,(H,30,38)(H2,32,33,34,35)/b9-7+. The highest BCUT2D eigenvalue weighted by atomic mass is 19.4. The first-order valence-electron chi connectivity index (χ1n) is 11.8. The van der Waals surface area contributed by atoms with Gasteiger partial charge in [-0.15, -0.1) is 0 Å². The van der Waals surface area contributed by atoms with Gasteiger partial charge in [-0.05, 0) is 32.6 Å². The van der Waals surface area contributed by atoms with Gasteiger partial charge in [0.1, 0.15) is 12.4 Å². The fourth-order valence-electron chi connectivity index (χ4n) is 2.83. The summed E-state index contributed by atoms with van der Waals surface area (Å²) in [7, 11) is 5.27. The summed E-state index contributed by atoms with van der Waals surface area (Å²) >= 11 is 0. The number of unbranched alkanes of at least 4 members (excludes halogenated alkanes) is 1. The quantitative estimate of drug-likeness (QED) is 0.122. The highest BCUT2D eigenvalue weighted by Gasteiger charge is 2.27. The second-order valence-corrected chi connectivity index (χ2v) is 8.53. The van der Waals surface area contributed by atoms with Gasteiger partial charge >= 0.3 is 6.18 Å². The molecular formula is C25H30F4N8O2. The smallest absolute Gasteiger partial charge is 0.360 e. The molecule has 0 atom stereocenters. The summed E-state index contributed by atoms with van der Waals surface area (Å²) in [6.45, 7) is -0.523. The molecule has 2 heterocycles. The molecular weight excluding hydrogens is 520 g/mol. The van der Waals surface area contributed by atoms with Crippen LogP contribution in [0.2, 0.25) is 0 Å². The Balaban J connectivity index is 1.89. The monoisotopic (exact) mass is 550 g/mol. The number of carbonyl (C=O) groups excluding carboxylic acids is 2. The van der Waals surface area contributed by atoms with Gasteiger partial charge in [0, 0.05) is 32.6 Å². The number of likely N-dealkylation sites (N-methyl/N-ethyl adjacent to an activating group) is 2. The maximum Gasteiger partial charge on any atom is 0.405 e. The Bertz CT molecular complexity index is 1190. The number of hydrogen-bond donors (Lipinski definition) is 3. The Hall–Kier alpha value is -4.25. The summed E-state index contributed by atoms with van der Waals surface area (Å²) in [6.07, 6.45) is 1.89. The van der Waals surface area contributed by atoms with E-state index < -0.39 is 18.7 Å². The molecule has 0 aliphatic rings. The molecule has 2 aromatic rings. The molecule has 10 nitrogen and oxygen atoms in total. The first-order chi connectivity index (χ1) is 18.4. The first kappa shape index (κ1) is 31.0. The van der Waals surface area contributed by atoms with Gasteiger partial charge in [-0.1, -0.05) is 17.9 Å². The number of nitrogens with zero attached hydrogens (tertiary/aromatic N) is 5. The zero-order valence-corrected chi connectivity index (χ0v) is 21.8. The molecule has 0 aromatic carbocycles. The Morgan fingerprint density at radius 2 is 1.90 bits per heavy atom. The lowest BCUT2D eigenvalue weighted by molar-refractivity contribution is -0.131. The van der Waals surface area contributed by atoms with E-state index in [4.69, 9.17) is 0 Å². The normalized spacial score (nSPS) is 11.2. The van der Waals surface area contributed by atoms with E-state index in [9.17, 15) is 27.2 Å². The van der Waals surface area contributed by atoms with Crippen LogP contribution in [0.5, 0.6) is 0 Å². The van der Waals surface area contributed by atoms with Gasteiger partial charge in [0.05, 0.1) is 30.2 Å². The van der Waals surface area contributed by atoms with Gasteiger partial charge in [-0.2, -0.15) is 22.5 Å². The van der Waals surface area contributed by atoms with Crippen molar-refractivity contribution >= 4 is 29.3 Å². The minimum atomic E-state index is -4.48. The number of hydrogen-bond acceptors (Lipinski definition) is 8. The molecule has 14 heteroatoms. The molecule has 0 fully saturated rings. The van der Waals surface area contributed by atoms with Crippen LogP contribution in [0.15, 0.2) is 36.7 Å². The van der Waals surface area contributed by atoms with Crippen molar-refractivity contribution in [3.8, 4) is 11.8 Å². The minimum Gasteiger partial charge on any atom is -0.360 e. The third-order valence-corrected chi connectivity index (χ3v) is 4.74.